The monoisotopic (exact) mass is 328 g/mol. The van der Waals surface area contributed by atoms with Crippen LogP contribution in [0.4, 0.5) is 17.6 Å². The largest absolute Gasteiger partial charge is 0.368 e. The van der Waals surface area contributed by atoms with E-state index in [4.69, 9.17) is 11.6 Å². The average molecular weight is 329 g/mol. The predicted octanol–water partition coefficient (Wildman–Crippen LogP) is 1.80. The van der Waals surface area contributed by atoms with Crippen LogP contribution in [-0.2, 0) is 6.54 Å². The third kappa shape index (κ3) is 3.09. The van der Waals surface area contributed by atoms with Crippen molar-refractivity contribution in [2.45, 2.75) is 6.54 Å². The number of nitrogen functional groups attached to an aromatic ring is 2. The molecule has 0 aliphatic heterocycles. The zero-order valence-corrected chi connectivity index (χ0v) is 12.1. The smallest absolute Gasteiger partial charge is 0.223 e. The Balaban J connectivity index is 2.17. The van der Waals surface area contributed by atoms with Gasteiger partial charge in [0.05, 0.1) is 3.79 Å². The second-order valence-electron chi connectivity index (χ2n) is 3.73. The lowest BCUT2D eigenvalue weighted by Crippen LogP contribution is -2.19. The average Bonchev–Trinajstić information content (AvgIpc) is 2.73. The molecular weight excluding hydrogens is 316 g/mol. The molecule has 0 saturated carbocycles. The molecule has 0 aliphatic rings. The highest BCUT2D eigenvalue weighted by atomic mass is 79.9. The maximum Gasteiger partial charge on any atom is 0.223 e. The summed E-state index contributed by atoms with van der Waals surface area (Å²) in [5.74, 6) is 6.73. The molecule has 18 heavy (non-hydrogen) atoms. The summed E-state index contributed by atoms with van der Waals surface area (Å²) in [4.78, 5) is 10.1. The lowest BCUT2D eigenvalue weighted by Gasteiger charge is -2.18. The molecule has 0 spiro atoms. The van der Waals surface area contributed by atoms with Gasteiger partial charge in [0.15, 0.2) is 0 Å². The lowest BCUT2D eigenvalue weighted by molar-refractivity contribution is 0.897. The number of thiophene rings is 1. The highest BCUT2D eigenvalue weighted by molar-refractivity contribution is 9.11. The fraction of sp³-hybridized carbons (Fsp3) is 0.200. The molecular formula is C10H13BrN6S. The number of halogens is 1. The van der Waals surface area contributed by atoms with Crippen LogP contribution in [0.25, 0.3) is 0 Å². The van der Waals surface area contributed by atoms with E-state index < -0.39 is 0 Å². The highest BCUT2D eigenvalue weighted by Crippen LogP contribution is 2.23. The van der Waals surface area contributed by atoms with E-state index in [1.165, 1.54) is 5.56 Å². The Hall–Kier alpha value is -1.38. The number of hydrazine groups is 1. The Morgan fingerprint density at radius 2 is 2.22 bits per heavy atom. The van der Waals surface area contributed by atoms with E-state index in [2.05, 4.69) is 42.8 Å². The summed E-state index contributed by atoms with van der Waals surface area (Å²) in [5, 5.41) is 2.09. The van der Waals surface area contributed by atoms with Crippen molar-refractivity contribution < 1.29 is 0 Å². The van der Waals surface area contributed by atoms with Crippen LogP contribution in [0.1, 0.15) is 5.56 Å². The van der Waals surface area contributed by atoms with E-state index in [1.54, 1.807) is 17.4 Å². The van der Waals surface area contributed by atoms with E-state index in [1.807, 2.05) is 11.9 Å². The normalized spacial score (nSPS) is 10.4. The predicted molar refractivity (Wildman–Crippen MR) is 78.4 cm³/mol. The molecule has 2 rings (SSSR count). The van der Waals surface area contributed by atoms with Crippen molar-refractivity contribution in [2.75, 3.05) is 23.1 Å². The number of nitrogens with two attached hydrogens (primary N) is 2. The number of anilines is 3. The zero-order chi connectivity index (χ0) is 13.1. The van der Waals surface area contributed by atoms with Crippen LogP contribution in [0, 0.1) is 0 Å². The summed E-state index contributed by atoms with van der Waals surface area (Å²) < 4.78 is 1.11. The van der Waals surface area contributed by atoms with Crippen molar-refractivity contribution in [1.29, 1.82) is 0 Å². The summed E-state index contributed by atoms with van der Waals surface area (Å²) in [6, 6.07) is 3.82. The van der Waals surface area contributed by atoms with Gasteiger partial charge in [-0.1, -0.05) is 0 Å². The number of hydrogen-bond acceptors (Lipinski definition) is 7. The molecule has 8 heteroatoms. The van der Waals surface area contributed by atoms with Crippen LogP contribution >= 0.6 is 27.3 Å². The van der Waals surface area contributed by atoms with Gasteiger partial charge in [0.1, 0.15) is 11.6 Å². The van der Waals surface area contributed by atoms with Gasteiger partial charge in [-0.2, -0.15) is 9.97 Å². The number of rotatable bonds is 4. The van der Waals surface area contributed by atoms with Gasteiger partial charge >= 0.3 is 0 Å². The van der Waals surface area contributed by atoms with E-state index in [9.17, 15) is 0 Å². The van der Waals surface area contributed by atoms with Gasteiger partial charge in [-0.25, -0.2) is 5.84 Å². The highest BCUT2D eigenvalue weighted by Gasteiger charge is 2.08. The van der Waals surface area contributed by atoms with Crippen LogP contribution < -0.4 is 21.9 Å². The summed E-state index contributed by atoms with van der Waals surface area (Å²) in [5.41, 5.74) is 9.29. The molecule has 5 N–H and O–H groups in total. The van der Waals surface area contributed by atoms with E-state index in [-0.39, 0.29) is 5.95 Å². The van der Waals surface area contributed by atoms with E-state index in [0.29, 0.717) is 5.82 Å². The first-order valence-corrected chi connectivity index (χ1v) is 6.81. The molecule has 2 aromatic rings. The van der Waals surface area contributed by atoms with E-state index >= 15 is 0 Å². The first-order valence-electron chi connectivity index (χ1n) is 5.13. The molecule has 6 nitrogen and oxygen atoms in total. The minimum Gasteiger partial charge on any atom is -0.368 e. The first kappa shape index (κ1) is 13.1. The fourth-order valence-corrected chi connectivity index (χ4v) is 2.71. The zero-order valence-electron chi connectivity index (χ0n) is 9.72. The quantitative estimate of drug-likeness (QED) is 0.585. The minimum absolute atomic E-state index is 0.193. The van der Waals surface area contributed by atoms with Crippen LogP contribution in [0.5, 0.6) is 0 Å². The second kappa shape index (κ2) is 5.51. The van der Waals surface area contributed by atoms with Crippen molar-refractivity contribution in [3.05, 3.63) is 26.9 Å². The van der Waals surface area contributed by atoms with Crippen LogP contribution in [0.15, 0.2) is 21.3 Å². The molecule has 0 aromatic carbocycles. The lowest BCUT2D eigenvalue weighted by atomic mass is 10.3. The molecule has 0 saturated heterocycles. The van der Waals surface area contributed by atoms with Crippen LogP contribution in [-0.4, -0.2) is 17.0 Å². The van der Waals surface area contributed by atoms with Gasteiger partial charge in [0.25, 0.3) is 0 Å². The van der Waals surface area contributed by atoms with Gasteiger partial charge < -0.3 is 16.1 Å². The van der Waals surface area contributed by atoms with Crippen LogP contribution in [0.3, 0.4) is 0 Å². The molecule has 0 bridgehead atoms. The third-order valence-electron chi connectivity index (χ3n) is 2.31. The van der Waals surface area contributed by atoms with Gasteiger partial charge in [0.2, 0.25) is 5.95 Å². The van der Waals surface area contributed by atoms with E-state index in [0.717, 1.165) is 16.1 Å². The summed E-state index contributed by atoms with van der Waals surface area (Å²) in [7, 11) is 1.94. The van der Waals surface area contributed by atoms with Gasteiger partial charge in [-0.05, 0) is 32.9 Å². The standard InChI is InChI=1S/C10H13BrN6S/c1-17(4-6-2-7(11)18-5-6)9-3-8(16-13)14-10(12)15-9/h2-3,5H,4,13H2,1H3,(H3,12,14,15,16). The third-order valence-corrected chi connectivity index (χ3v) is 3.86. The molecule has 0 unspecified atom stereocenters. The first-order chi connectivity index (χ1) is 8.58. The number of nitrogens with zero attached hydrogens (tertiary/aromatic N) is 3. The number of hydrogen-bond donors (Lipinski definition) is 3. The summed E-state index contributed by atoms with van der Waals surface area (Å²) in [6.07, 6.45) is 0. The molecule has 0 aliphatic carbocycles. The SMILES string of the molecule is CN(Cc1csc(Br)c1)c1cc(NN)nc(N)n1. The Labute approximate surface area is 117 Å². The molecule has 2 heterocycles. The molecule has 96 valence electrons. The second-order valence-corrected chi connectivity index (χ2v) is 6.02. The van der Waals surface area contributed by atoms with Crippen molar-refractivity contribution in [2.24, 2.45) is 5.84 Å². The minimum atomic E-state index is 0.193. The topological polar surface area (TPSA) is 93.1 Å². The molecule has 0 atom stereocenters. The Kier molecular flexibility index (Phi) is 4.00. The Morgan fingerprint density at radius 1 is 1.44 bits per heavy atom. The maximum absolute atomic E-state index is 5.62. The Bertz CT molecular complexity index is 543. The van der Waals surface area contributed by atoms with Crippen molar-refractivity contribution in [1.82, 2.24) is 9.97 Å². The molecule has 2 aromatic heterocycles. The molecule has 0 amide bonds. The van der Waals surface area contributed by atoms with Crippen LogP contribution in [0.2, 0.25) is 0 Å². The molecule has 0 fully saturated rings. The van der Waals surface area contributed by atoms with Gasteiger partial charge in [-0.3, -0.25) is 0 Å². The van der Waals surface area contributed by atoms with Crippen molar-refractivity contribution in [3.8, 4) is 0 Å². The summed E-state index contributed by atoms with van der Waals surface area (Å²) in [6.45, 7) is 0.739. The maximum atomic E-state index is 5.62. The number of nitrogens with one attached hydrogen (secondary N) is 1. The summed E-state index contributed by atoms with van der Waals surface area (Å²) >= 11 is 5.09. The van der Waals surface area contributed by atoms with Gasteiger partial charge in [-0.15, -0.1) is 11.3 Å². The van der Waals surface area contributed by atoms with Crippen molar-refractivity contribution in [3.63, 3.8) is 0 Å². The molecule has 0 radical (unpaired) electrons. The fourth-order valence-electron chi connectivity index (χ4n) is 1.51. The van der Waals surface area contributed by atoms with Crippen molar-refractivity contribution >= 4 is 44.9 Å². The van der Waals surface area contributed by atoms with Gasteiger partial charge in [0, 0.05) is 19.7 Å². The number of aromatic nitrogens is 2. The Morgan fingerprint density at radius 3 is 2.83 bits per heavy atom.